The molecule has 3 unspecified atom stereocenters. The largest absolute Gasteiger partial charge is 0.447 e. The van der Waals surface area contributed by atoms with E-state index < -0.39 is 23.9 Å². The third-order valence-corrected chi connectivity index (χ3v) is 6.11. The molecule has 4 atom stereocenters. The normalized spacial score (nSPS) is 23.7. The summed E-state index contributed by atoms with van der Waals surface area (Å²) in [5, 5.41) is 5.74. The van der Waals surface area contributed by atoms with Gasteiger partial charge in [-0.2, -0.15) is 13.2 Å². The molecule has 2 amide bonds. The van der Waals surface area contributed by atoms with E-state index in [2.05, 4.69) is 15.6 Å². The van der Waals surface area contributed by atoms with E-state index in [0.717, 1.165) is 31.5 Å². The number of aromatic nitrogens is 1. The number of hydrogen-bond donors (Lipinski definition) is 2. The molecule has 178 valence electrons. The molecule has 0 bridgehead atoms. The number of amides is 2. The van der Waals surface area contributed by atoms with Gasteiger partial charge in [0.25, 0.3) is 0 Å². The van der Waals surface area contributed by atoms with Crippen molar-refractivity contribution < 1.29 is 27.5 Å². The van der Waals surface area contributed by atoms with E-state index in [1.165, 1.54) is 6.07 Å². The van der Waals surface area contributed by atoms with Gasteiger partial charge in [-0.15, -0.1) is 0 Å². The van der Waals surface area contributed by atoms with Crippen molar-refractivity contribution in [1.82, 2.24) is 15.6 Å². The van der Waals surface area contributed by atoms with Gasteiger partial charge in [-0.25, -0.2) is 9.78 Å². The average Bonchev–Trinajstić information content (AvgIpc) is 3.28. The highest BCUT2D eigenvalue weighted by molar-refractivity contribution is 5.85. The smallest absolute Gasteiger partial charge is 0.417 e. The second-order valence-electron chi connectivity index (χ2n) is 8.86. The van der Waals surface area contributed by atoms with Crippen molar-refractivity contribution in [3.05, 3.63) is 23.9 Å². The van der Waals surface area contributed by atoms with Gasteiger partial charge in [0.05, 0.1) is 11.7 Å². The fourth-order valence-corrected chi connectivity index (χ4v) is 4.60. The number of alkyl carbamates (subject to hydrolysis) is 1. The summed E-state index contributed by atoms with van der Waals surface area (Å²) in [5.41, 5.74) is -0.767. The molecule has 0 radical (unpaired) electrons. The number of pyridine rings is 1. The number of carbonyl (C=O) groups is 2. The lowest BCUT2D eigenvalue weighted by atomic mass is 9.97. The Morgan fingerprint density at radius 2 is 2.00 bits per heavy atom. The lowest BCUT2D eigenvalue weighted by molar-refractivity contribution is -0.137. The molecule has 1 aromatic rings. The standard InChI is InChI=1S/C22H31F3N4O3/c1-4-5-18(28-21(31)32-13(2)3)20(30)27-17-8-6-14-11-29(12-16(14)17)19-9-7-15(10-26-19)22(23,24)25/h7,9-10,13-14,16-18H,4-6,8,11-12H2,1-3H3,(H,27,30)(H,28,31)/t14?,16?,17?,18-/m0/s1. The van der Waals surface area contributed by atoms with Crippen molar-refractivity contribution in [1.29, 1.82) is 0 Å². The topological polar surface area (TPSA) is 83.6 Å². The van der Waals surface area contributed by atoms with Gasteiger partial charge in [0.1, 0.15) is 11.9 Å². The first-order valence-electron chi connectivity index (χ1n) is 11.1. The minimum absolute atomic E-state index is 0.0470. The number of anilines is 1. The first-order valence-corrected chi connectivity index (χ1v) is 11.1. The summed E-state index contributed by atoms with van der Waals surface area (Å²) >= 11 is 0. The van der Waals surface area contributed by atoms with Crippen molar-refractivity contribution in [3.63, 3.8) is 0 Å². The van der Waals surface area contributed by atoms with Gasteiger partial charge in [-0.05, 0) is 51.2 Å². The number of halogens is 3. The first-order chi connectivity index (χ1) is 15.1. The van der Waals surface area contributed by atoms with Gasteiger partial charge >= 0.3 is 12.3 Å². The molecule has 1 aliphatic heterocycles. The van der Waals surface area contributed by atoms with Gasteiger partial charge in [0, 0.05) is 31.2 Å². The SMILES string of the molecule is CCC[C@H](NC(=O)OC(C)C)C(=O)NC1CCC2CN(c3ccc(C(F)(F)F)cn3)CC21. The summed E-state index contributed by atoms with van der Waals surface area (Å²) in [6.45, 7) is 6.74. The minimum atomic E-state index is -4.41. The number of rotatable bonds is 7. The van der Waals surface area contributed by atoms with E-state index in [0.29, 0.717) is 31.2 Å². The second-order valence-corrected chi connectivity index (χ2v) is 8.86. The summed E-state index contributed by atoms with van der Waals surface area (Å²) in [4.78, 5) is 30.8. The molecule has 1 saturated heterocycles. The highest BCUT2D eigenvalue weighted by Gasteiger charge is 2.44. The van der Waals surface area contributed by atoms with E-state index >= 15 is 0 Å². The average molecular weight is 457 g/mol. The summed E-state index contributed by atoms with van der Waals surface area (Å²) in [6, 6.07) is 1.74. The van der Waals surface area contributed by atoms with E-state index in [4.69, 9.17) is 4.74 Å². The zero-order chi connectivity index (χ0) is 23.5. The number of fused-ring (bicyclic) bond motifs is 1. The summed E-state index contributed by atoms with van der Waals surface area (Å²) < 4.78 is 43.5. The van der Waals surface area contributed by atoms with Gasteiger partial charge < -0.3 is 20.3 Å². The van der Waals surface area contributed by atoms with Crippen molar-refractivity contribution in [2.75, 3.05) is 18.0 Å². The minimum Gasteiger partial charge on any atom is -0.447 e. The molecule has 32 heavy (non-hydrogen) atoms. The van der Waals surface area contributed by atoms with Crippen molar-refractivity contribution in [3.8, 4) is 0 Å². The molecule has 0 aromatic carbocycles. The van der Waals surface area contributed by atoms with E-state index in [1.54, 1.807) is 13.8 Å². The Hall–Kier alpha value is -2.52. The predicted molar refractivity (Wildman–Crippen MR) is 113 cm³/mol. The quantitative estimate of drug-likeness (QED) is 0.653. The Morgan fingerprint density at radius 1 is 1.25 bits per heavy atom. The Kier molecular flexibility index (Phi) is 7.51. The zero-order valence-corrected chi connectivity index (χ0v) is 18.6. The molecule has 2 fully saturated rings. The van der Waals surface area contributed by atoms with E-state index in [-0.39, 0.29) is 24.0 Å². The van der Waals surface area contributed by atoms with Crippen molar-refractivity contribution >= 4 is 17.8 Å². The summed E-state index contributed by atoms with van der Waals surface area (Å²) in [5.74, 6) is 0.810. The van der Waals surface area contributed by atoms with Crippen LogP contribution in [0.5, 0.6) is 0 Å². The third-order valence-electron chi connectivity index (χ3n) is 6.11. The molecule has 7 nitrogen and oxygen atoms in total. The van der Waals surface area contributed by atoms with Crippen LogP contribution in [-0.2, 0) is 15.7 Å². The Morgan fingerprint density at radius 3 is 2.59 bits per heavy atom. The van der Waals surface area contributed by atoms with E-state index in [1.807, 2.05) is 11.8 Å². The van der Waals surface area contributed by atoms with Crippen LogP contribution in [-0.4, -0.2) is 48.3 Å². The van der Waals surface area contributed by atoms with Crippen LogP contribution in [0.3, 0.4) is 0 Å². The van der Waals surface area contributed by atoms with Crippen LogP contribution >= 0.6 is 0 Å². The Bertz CT molecular complexity index is 801. The zero-order valence-electron chi connectivity index (χ0n) is 18.6. The highest BCUT2D eigenvalue weighted by atomic mass is 19.4. The molecule has 0 spiro atoms. The monoisotopic (exact) mass is 456 g/mol. The summed E-state index contributed by atoms with van der Waals surface area (Å²) in [6.07, 6.45) is -1.45. The lowest BCUT2D eigenvalue weighted by Gasteiger charge is -2.25. The number of ether oxygens (including phenoxy) is 1. The molecule has 1 saturated carbocycles. The maximum Gasteiger partial charge on any atom is 0.417 e. The fourth-order valence-electron chi connectivity index (χ4n) is 4.60. The van der Waals surface area contributed by atoms with Crippen molar-refractivity contribution in [2.45, 2.75) is 70.8 Å². The van der Waals surface area contributed by atoms with Crippen LogP contribution in [0.4, 0.5) is 23.8 Å². The van der Waals surface area contributed by atoms with Gasteiger partial charge in [0.15, 0.2) is 0 Å². The Labute approximate surface area is 186 Å². The third kappa shape index (κ3) is 5.83. The number of hydrogen-bond acceptors (Lipinski definition) is 5. The number of carbonyl (C=O) groups excluding carboxylic acids is 2. The second kappa shape index (κ2) is 9.95. The van der Waals surface area contributed by atoms with Gasteiger partial charge in [-0.3, -0.25) is 4.79 Å². The van der Waals surface area contributed by atoms with Crippen LogP contribution in [0.2, 0.25) is 0 Å². The molecule has 10 heteroatoms. The molecule has 2 N–H and O–H groups in total. The van der Waals surface area contributed by atoms with Crippen molar-refractivity contribution in [2.24, 2.45) is 11.8 Å². The molecule has 2 aliphatic rings. The number of nitrogens with one attached hydrogen (secondary N) is 2. The van der Waals surface area contributed by atoms with Crippen LogP contribution in [0.1, 0.15) is 52.0 Å². The van der Waals surface area contributed by atoms with Crippen LogP contribution < -0.4 is 15.5 Å². The molecule has 2 heterocycles. The molecule has 3 rings (SSSR count). The van der Waals surface area contributed by atoms with Crippen LogP contribution in [0.25, 0.3) is 0 Å². The summed E-state index contributed by atoms with van der Waals surface area (Å²) in [7, 11) is 0. The van der Waals surface area contributed by atoms with E-state index in [9.17, 15) is 22.8 Å². The lowest BCUT2D eigenvalue weighted by Crippen LogP contribution is -2.51. The fraction of sp³-hybridized carbons (Fsp3) is 0.682. The number of alkyl halides is 3. The van der Waals surface area contributed by atoms with Gasteiger partial charge in [0.2, 0.25) is 5.91 Å². The van der Waals surface area contributed by atoms with Gasteiger partial charge in [-0.1, -0.05) is 13.3 Å². The highest BCUT2D eigenvalue weighted by Crippen LogP contribution is 2.40. The first kappa shape index (κ1) is 24.1. The van der Waals surface area contributed by atoms with Crippen LogP contribution in [0.15, 0.2) is 18.3 Å². The molecular formula is C22H31F3N4O3. The molecule has 1 aromatic heterocycles. The maximum atomic E-state index is 12.9. The molecule has 1 aliphatic carbocycles. The Balaban J connectivity index is 1.59. The predicted octanol–water partition coefficient (Wildman–Crippen LogP) is 3.73. The van der Waals surface area contributed by atoms with Crippen LogP contribution in [0, 0.1) is 11.8 Å². The molecular weight excluding hydrogens is 425 g/mol. The maximum absolute atomic E-state index is 12.9. The number of nitrogens with zero attached hydrogens (tertiary/aromatic N) is 2.